The highest BCUT2D eigenvalue weighted by Gasteiger charge is 2.09. The third-order valence-corrected chi connectivity index (χ3v) is 3.36. The fourth-order valence-electron chi connectivity index (χ4n) is 1.93. The Morgan fingerprint density at radius 3 is 2.48 bits per heavy atom. The first-order valence-corrected chi connectivity index (χ1v) is 7.26. The van der Waals surface area contributed by atoms with Crippen molar-refractivity contribution in [3.63, 3.8) is 0 Å². The van der Waals surface area contributed by atoms with Gasteiger partial charge in [-0.15, -0.1) is 0 Å². The summed E-state index contributed by atoms with van der Waals surface area (Å²) in [6, 6.07) is 12.5. The van der Waals surface area contributed by atoms with Crippen molar-refractivity contribution in [2.24, 2.45) is 5.10 Å². The van der Waals surface area contributed by atoms with E-state index in [-0.39, 0.29) is 5.69 Å². The van der Waals surface area contributed by atoms with E-state index in [9.17, 15) is 14.9 Å². The number of hydrogen-bond acceptors (Lipinski definition) is 4. The number of nitro benzene ring substituents is 1. The molecule has 1 N–H and O–H groups in total. The zero-order valence-corrected chi connectivity index (χ0v) is 13.1. The van der Waals surface area contributed by atoms with Crippen LogP contribution < -0.4 is 5.43 Å². The van der Waals surface area contributed by atoms with Crippen LogP contribution in [0.3, 0.4) is 0 Å². The maximum atomic E-state index is 12.0. The number of nitrogens with zero attached hydrogens (tertiary/aromatic N) is 2. The normalized spacial score (nSPS) is 11.1. The number of carbonyl (C=O) groups excluding carboxylic acids is 1. The van der Waals surface area contributed by atoms with Crippen molar-refractivity contribution in [1.29, 1.82) is 0 Å². The Morgan fingerprint density at radius 1 is 1.22 bits per heavy atom. The highest BCUT2D eigenvalue weighted by atomic mass is 35.5. The second-order valence-corrected chi connectivity index (χ2v) is 5.10. The number of rotatable bonds is 5. The molecular formula is C16H14ClN3O3. The molecule has 2 aromatic carbocycles. The second kappa shape index (κ2) is 7.51. The topological polar surface area (TPSA) is 84.6 Å². The predicted octanol–water partition coefficient (Wildman–Crippen LogP) is 3.79. The van der Waals surface area contributed by atoms with E-state index < -0.39 is 10.8 Å². The lowest BCUT2D eigenvalue weighted by Gasteiger charge is -2.06. The first kappa shape index (κ1) is 16.6. The summed E-state index contributed by atoms with van der Waals surface area (Å²) >= 11 is 5.95. The number of hydrogen-bond donors (Lipinski definition) is 1. The Balaban J connectivity index is 2.13. The van der Waals surface area contributed by atoms with E-state index in [1.807, 2.05) is 13.0 Å². The lowest BCUT2D eigenvalue weighted by molar-refractivity contribution is -0.384. The molecule has 0 saturated heterocycles. The number of amides is 1. The van der Waals surface area contributed by atoms with Crippen molar-refractivity contribution in [1.82, 2.24) is 5.43 Å². The molecule has 0 saturated carbocycles. The van der Waals surface area contributed by atoms with Crippen LogP contribution in [0, 0.1) is 10.1 Å². The molecule has 6 nitrogen and oxygen atoms in total. The molecule has 0 atom stereocenters. The lowest BCUT2D eigenvalue weighted by Crippen LogP contribution is -2.20. The highest BCUT2D eigenvalue weighted by molar-refractivity contribution is 6.31. The van der Waals surface area contributed by atoms with Crippen molar-refractivity contribution < 1.29 is 9.72 Å². The van der Waals surface area contributed by atoms with Gasteiger partial charge in [0.1, 0.15) is 0 Å². The minimum atomic E-state index is -0.520. The van der Waals surface area contributed by atoms with Crippen LogP contribution in [0.15, 0.2) is 53.6 Å². The van der Waals surface area contributed by atoms with E-state index in [1.54, 1.807) is 18.2 Å². The molecule has 2 rings (SSSR count). The number of benzene rings is 2. The van der Waals surface area contributed by atoms with Crippen LogP contribution in [0.5, 0.6) is 0 Å². The molecule has 0 radical (unpaired) electrons. The van der Waals surface area contributed by atoms with Crippen molar-refractivity contribution in [2.75, 3.05) is 0 Å². The molecular weight excluding hydrogens is 318 g/mol. The number of non-ortho nitro benzene ring substituents is 1. The summed E-state index contributed by atoms with van der Waals surface area (Å²) in [4.78, 5) is 22.1. The van der Waals surface area contributed by atoms with E-state index in [0.29, 0.717) is 22.7 Å². The summed E-state index contributed by atoms with van der Waals surface area (Å²) in [7, 11) is 0. The summed E-state index contributed by atoms with van der Waals surface area (Å²) < 4.78 is 0. The van der Waals surface area contributed by atoms with Crippen molar-refractivity contribution in [2.45, 2.75) is 13.3 Å². The van der Waals surface area contributed by atoms with Gasteiger partial charge in [-0.25, -0.2) is 5.43 Å². The van der Waals surface area contributed by atoms with Gasteiger partial charge in [-0.3, -0.25) is 14.9 Å². The first-order chi connectivity index (χ1) is 11.0. The van der Waals surface area contributed by atoms with Crippen LogP contribution in [-0.2, 0) is 0 Å². The number of nitrogens with one attached hydrogen (secondary N) is 1. The summed E-state index contributed by atoms with van der Waals surface area (Å²) in [5, 5.41) is 15.3. The summed E-state index contributed by atoms with van der Waals surface area (Å²) in [6.07, 6.45) is 0.612. The fourth-order valence-corrected chi connectivity index (χ4v) is 2.12. The van der Waals surface area contributed by atoms with E-state index >= 15 is 0 Å². The quantitative estimate of drug-likeness (QED) is 0.514. The van der Waals surface area contributed by atoms with Crippen molar-refractivity contribution in [3.05, 3.63) is 74.8 Å². The number of carbonyl (C=O) groups is 1. The zero-order valence-electron chi connectivity index (χ0n) is 12.3. The minimum absolute atomic E-state index is 0.0711. The zero-order chi connectivity index (χ0) is 16.8. The highest BCUT2D eigenvalue weighted by Crippen LogP contribution is 2.14. The van der Waals surface area contributed by atoms with Crippen LogP contribution in [-0.4, -0.2) is 16.5 Å². The van der Waals surface area contributed by atoms with Crippen LogP contribution in [0.2, 0.25) is 5.02 Å². The SMILES string of the molecule is CCC(=NNC(=O)c1ccc([N+](=O)[O-])cc1)c1cccc(Cl)c1. The summed E-state index contributed by atoms with van der Waals surface area (Å²) in [6.45, 7) is 1.91. The van der Waals surface area contributed by atoms with E-state index in [0.717, 1.165) is 5.56 Å². The average molecular weight is 332 g/mol. The molecule has 23 heavy (non-hydrogen) atoms. The standard InChI is InChI=1S/C16H14ClN3O3/c1-2-15(12-4-3-5-13(17)10-12)18-19-16(21)11-6-8-14(9-7-11)20(22)23/h3-10H,2H2,1H3,(H,19,21). The Hall–Kier alpha value is -2.73. The number of nitro groups is 1. The van der Waals surface area contributed by atoms with Gasteiger partial charge in [-0.1, -0.05) is 30.7 Å². The van der Waals surface area contributed by atoms with Crippen LogP contribution in [0.25, 0.3) is 0 Å². The Morgan fingerprint density at radius 2 is 1.91 bits per heavy atom. The number of hydrazone groups is 1. The fraction of sp³-hybridized carbons (Fsp3) is 0.125. The smallest absolute Gasteiger partial charge is 0.267 e. The Bertz CT molecular complexity index is 757. The van der Waals surface area contributed by atoms with Gasteiger partial charge in [0, 0.05) is 22.7 Å². The maximum absolute atomic E-state index is 12.0. The van der Waals surface area contributed by atoms with Gasteiger partial charge in [0.05, 0.1) is 10.6 Å². The third-order valence-electron chi connectivity index (χ3n) is 3.13. The Labute approximate surface area is 137 Å². The molecule has 0 aliphatic carbocycles. The maximum Gasteiger partial charge on any atom is 0.271 e. The molecule has 0 aromatic heterocycles. The Kier molecular flexibility index (Phi) is 5.43. The molecule has 0 heterocycles. The third kappa shape index (κ3) is 4.37. The monoisotopic (exact) mass is 331 g/mol. The van der Waals surface area contributed by atoms with Crippen LogP contribution >= 0.6 is 11.6 Å². The molecule has 0 aliphatic heterocycles. The van der Waals surface area contributed by atoms with Gasteiger partial charge in [0.2, 0.25) is 0 Å². The average Bonchev–Trinajstić information content (AvgIpc) is 2.55. The first-order valence-electron chi connectivity index (χ1n) is 6.88. The van der Waals surface area contributed by atoms with Gasteiger partial charge < -0.3 is 0 Å². The lowest BCUT2D eigenvalue weighted by atomic mass is 10.1. The molecule has 0 spiro atoms. The largest absolute Gasteiger partial charge is 0.271 e. The molecule has 2 aromatic rings. The molecule has 118 valence electrons. The van der Waals surface area contributed by atoms with Gasteiger partial charge >= 0.3 is 0 Å². The van der Waals surface area contributed by atoms with Crippen LogP contribution in [0.1, 0.15) is 29.3 Å². The van der Waals surface area contributed by atoms with Gasteiger partial charge in [0.25, 0.3) is 11.6 Å². The molecule has 7 heteroatoms. The van der Waals surface area contributed by atoms with E-state index in [4.69, 9.17) is 11.6 Å². The number of halogens is 1. The molecule has 0 unspecified atom stereocenters. The van der Waals surface area contributed by atoms with Gasteiger partial charge in [0.15, 0.2) is 0 Å². The second-order valence-electron chi connectivity index (χ2n) is 4.67. The van der Waals surface area contributed by atoms with Crippen LogP contribution in [0.4, 0.5) is 5.69 Å². The predicted molar refractivity (Wildman–Crippen MR) is 88.8 cm³/mol. The van der Waals surface area contributed by atoms with Gasteiger partial charge in [-0.2, -0.15) is 5.10 Å². The molecule has 0 bridgehead atoms. The van der Waals surface area contributed by atoms with E-state index in [2.05, 4.69) is 10.5 Å². The van der Waals surface area contributed by atoms with E-state index in [1.165, 1.54) is 24.3 Å². The summed E-state index contributed by atoms with van der Waals surface area (Å²) in [5.74, 6) is -0.437. The minimum Gasteiger partial charge on any atom is -0.267 e. The molecule has 0 fully saturated rings. The van der Waals surface area contributed by atoms with Crippen molar-refractivity contribution in [3.8, 4) is 0 Å². The van der Waals surface area contributed by atoms with Gasteiger partial charge in [-0.05, 0) is 36.2 Å². The summed E-state index contributed by atoms with van der Waals surface area (Å²) in [5.41, 5.74) is 4.18. The molecule has 0 aliphatic rings. The molecule has 1 amide bonds. The van der Waals surface area contributed by atoms with Crippen molar-refractivity contribution >= 4 is 28.9 Å².